The van der Waals surface area contributed by atoms with Gasteiger partial charge in [0.1, 0.15) is 11.3 Å². The Morgan fingerprint density at radius 1 is 0.708 bits per heavy atom. The van der Waals surface area contributed by atoms with Gasteiger partial charge in [-0.2, -0.15) is 0 Å². The Kier molecular flexibility index (Phi) is 4.30. The molecule has 0 radical (unpaired) electrons. The molecule has 24 heavy (non-hydrogen) atoms. The van der Waals surface area contributed by atoms with Crippen molar-refractivity contribution in [3.05, 3.63) is 92.9 Å². The van der Waals surface area contributed by atoms with Gasteiger partial charge in [0.2, 0.25) is 0 Å². The number of benzene rings is 3. The summed E-state index contributed by atoms with van der Waals surface area (Å²) >= 11 is 6.99. The summed E-state index contributed by atoms with van der Waals surface area (Å²) in [4.78, 5) is 0. The molecule has 0 spiro atoms. The van der Waals surface area contributed by atoms with Crippen LogP contribution in [0.1, 0.15) is 11.1 Å². The molecule has 0 aliphatic rings. The van der Waals surface area contributed by atoms with Crippen LogP contribution >= 0.6 is 31.9 Å². The van der Waals surface area contributed by atoms with E-state index >= 15 is 0 Å². The maximum Gasteiger partial charge on any atom is 0.138 e. The minimum Gasteiger partial charge on any atom is -0.456 e. The van der Waals surface area contributed by atoms with Crippen molar-refractivity contribution in [2.75, 3.05) is 0 Å². The molecule has 4 aromatic rings. The van der Waals surface area contributed by atoms with Crippen LogP contribution in [0.3, 0.4) is 0 Å². The second kappa shape index (κ2) is 6.58. The molecule has 0 amide bonds. The van der Waals surface area contributed by atoms with E-state index in [0.717, 1.165) is 32.3 Å². The van der Waals surface area contributed by atoms with E-state index in [9.17, 15) is 0 Å². The smallest absolute Gasteiger partial charge is 0.138 e. The van der Waals surface area contributed by atoms with Gasteiger partial charge in [0.05, 0.1) is 0 Å². The van der Waals surface area contributed by atoms with Crippen molar-refractivity contribution in [2.45, 2.75) is 6.42 Å². The van der Waals surface area contributed by atoms with E-state index in [1.807, 2.05) is 24.3 Å². The van der Waals surface area contributed by atoms with Crippen molar-refractivity contribution in [1.82, 2.24) is 0 Å². The van der Waals surface area contributed by atoms with E-state index in [1.54, 1.807) is 0 Å². The number of para-hydroxylation sites is 1. The fourth-order valence-electron chi connectivity index (χ4n) is 2.92. The summed E-state index contributed by atoms with van der Waals surface area (Å²) in [7, 11) is 0. The Hall–Kier alpha value is -1.84. The van der Waals surface area contributed by atoms with Crippen molar-refractivity contribution in [2.24, 2.45) is 0 Å². The molecule has 0 unspecified atom stereocenters. The van der Waals surface area contributed by atoms with Gasteiger partial charge in [-0.1, -0.05) is 74.3 Å². The van der Waals surface area contributed by atoms with Crippen LogP contribution in [0.15, 0.2) is 86.2 Å². The van der Waals surface area contributed by atoms with E-state index in [4.69, 9.17) is 4.42 Å². The number of hydrogen-bond acceptors (Lipinski definition) is 1. The van der Waals surface area contributed by atoms with E-state index in [-0.39, 0.29) is 0 Å². The molecule has 1 heterocycles. The molecule has 0 saturated heterocycles. The minimum absolute atomic E-state index is 0.843. The minimum atomic E-state index is 0.843. The van der Waals surface area contributed by atoms with Gasteiger partial charge in [-0.15, -0.1) is 0 Å². The molecular weight excluding hydrogens is 428 g/mol. The summed E-state index contributed by atoms with van der Waals surface area (Å²) in [5.74, 6) is 0.951. The highest BCUT2D eigenvalue weighted by Gasteiger charge is 2.16. The first-order valence-electron chi connectivity index (χ1n) is 7.71. The maximum atomic E-state index is 6.20. The summed E-state index contributed by atoms with van der Waals surface area (Å²) in [6.45, 7) is 0. The van der Waals surface area contributed by atoms with Crippen molar-refractivity contribution < 1.29 is 4.42 Å². The molecule has 1 nitrogen and oxygen atoms in total. The Morgan fingerprint density at radius 2 is 1.33 bits per heavy atom. The van der Waals surface area contributed by atoms with Crippen LogP contribution < -0.4 is 0 Å². The second-order valence-electron chi connectivity index (χ2n) is 5.72. The van der Waals surface area contributed by atoms with E-state index in [0.29, 0.717) is 0 Å². The van der Waals surface area contributed by atoms with Gasteiger partial charge in [-0.25, -0.2) is 0 Å². The highest BCUT2D eigenvalue weighted by atomic mass is 79.9. The second-order valence-corrected chi connectivity index (χ2v) is 7.55. The van der Waals surface area contributed by atoms with Crippen molar-refractivity contribution in [3.8, 4) is 11.3 Å². The molecule has 0 N–H and O–H groups in total. The summed E-state index contributed by atoms with van der Waals surface area (Å²) in [6, 6.07) is 25.0. The topological polar surface area (TPSA) is 13.1 Å². The van der Waals surface area contributed by atoms with Gasteiger partial charge < -0.3 is 4.42 Å². The molecule has 0 bridgehead atoms. The lowest BCUT2D eigenvalue weighted by molar-refractivity contribution is 0.628. The number of furan rings is 1. The summed E-state index contributed by atoms with van der Waals surface area (Å²) < 4.78 is 8.36. The van der Waals surface area contributed by atoms with Crippen LogP contribution in [0.4, 0.5) is 0 Å². The quantitative estimate of drug-likeness (QED) is 0.327. The third-order valence-corrected chi connectivity index (χ3v) is 5.16. The fourth-order valence-corrected chi connectivity index (χ4v) is 3.44. The fraction of sp³-hybridized carbons (Fsp3) is 0.0476. The third kappa shape index (κ3) is 3.06. The number of halogens is 2. The Morgan fingerprint density at radius 3 is 2.04 bits per heavy atom. The lowest BCUT2D eigenvalue weighted by atomic mass is 9.99. The molecule has 118 valence electrons. The molecule has 0 aliphatic heterocycles. The average Bonchev–Trinajstić information content (AvgIpc) is 2.96. The monoisotopic (exact) mass is 440 g/mol. The normalized spacial score (nSPS) is 11.1. The zero-order valence-corrected chi connectivity index (χ0v) is 16.0. The molecule has 1 aromatic heterocycles. The van der Waals surface area contributed by atoms with Crippen molar-refractivity contribution in [3.63, 3.8) is 0 Å². The Bertz CT molecular complexity index is 983. The van der Waals surface area contributed by atoms with E-state index in [2.05, 4.69) is 80.4 Å². The van der Waals surface area contributed by atoms with Crippen LogP contribution in [0.5, 0.6) is 0 Å². The summed E-state index contributed by atoms with van der Waals surface area (Å²) in [5, 5.41) is 1.18. The first kappa shape index (κ1) is 15.7. The lowest BCUT2D eigenvalue weighted by Gasteiger charge is -2.05. The maximum absolute atomic E-state index is 6.20. The number of fused-ring (bicyclic) bond motifs is 1. The first-order chi connectivity index (χ1) is 11.7. The standard InChI is InChI=1S/C21H14Br2O/c22-16-9-5-14(6-10-16)13-19-18-3-1-2-4-20(18)24-21(19)15-7-11-17(23)12-8-15/h1-12H,13H2. The number of rotatable bonds is 3. The predicted octanol–water partition coefficient (Wildman–Crippen LogP) is 7.22. The van der Waals surface area contributed by atoms with Gasteiger partial charge in [-0.3, -0.25) is 0 Å². The zero-order valence-electron chi connectivity index (χ0n) is 12.8. The van der Waals surface area contributed by atoms with Crippen LogP contribution in [0.25, 0.3) is 22.3 Å². The van der Waals surface area contributed by atoms with Crippen LogP contribution in [0, 0.1) is 0 Å². The molecular formula is C21H14Br2O. The van der Waals surface area contributed by atoms with Gasteiger partial charge in [-0.05, 0) is 35.9 Å². The third-order valence-electron chi connectivity index (χ3n) is 4.10. The lowest BCUT2D eigenvalue weighted by Crippen LogP contribution is -1.89. The van der Waals surface area contributed by atoms with E-state index in [1.165, 1.54) is 16.5 Å². The molecule has 0 fully saturated rings. The SMILES string of the molecule is Brc1ccc(Cc2c(-c3ccc(Br)cc3)oc3ccccc23)cc1. The van der Waals surface area contributed by atoms with Crippen LogP contribution in [-0.4, -0.2) is 0 Å². The van der Waals surface area contributed by atoms with Crippen LogP contribution in [-0.2, 0) is 6.42 Å². The van der Waals surface area contributed by atoms with Gasteiger partial charge in [0.15, 0.2) is 0 Å². The van der Waals surface area contributed by atoms with Gasteiger partial charge >= 0.3 is 0 Å². The van der Waals surface area contributed by atoms with Gasteiger partial charge in [0.25, 0.3) is 0 Å². The number of hydrogen-bond donors (Lipinski definition) is 0. The molecule has 4 rings (SSSR count). The first-order valence-corrected chi connectivity index (χ1v) is 9.30. The van der Waals surface area contributed by atoms with E-state index < -0.39 is 0 Å². The molecule has 0 aliphatic carbocycles. The molecule has 3 aromatic carbocycles. The van der Waals surface area contributed by atoms with Crippen molar-refractivity contribution in [1.29, 1.82) is 0 Å². The zero-order chi connectivity index (χ0) is 16.5. The highest BCUT2D eigenvalue weighted by Crippen LogP contribution is 2.35. The largest absolute Gasteiger partial charge is 0.456 e. The molecule has 0 saturated carbocycles. The predicted molar refractivity (Wildman–Crippen MR) is 106 cm³/mol. The van der Waals surface area contributed by atoms with Crippen LogP contribution in [0.2, 0.25) is 0 Å². The Balaban J connectivity index is 1.86. The highest BCUT2D eigenvalue weighted by molar-refractivity contribution is 9.10. The summed E-state index contributed by atoms with van der Waals surface area (Å²) in [5.41, 5.74) is 4.53. The molecule has 3 heteroatoms. The summed E-state index contributed by atoms with van der Waals surface area (Å²) in [6.07, 6.45) is 0.843. The average molecular weight is 442 g/mol. The van der Waals surface area contributed by atoms with Crippen molar-refractivity contribution >= 4 is 42.8 Å². The van der Waals surface area contributed by atoms with Gasteiger partial charge in [0, 0.05) is 31.9 Å². The molecule has 0 atom stereocenters. The Labute approximate surface area is 157 Å².